The summed E-state index contributed by atoms with van der Waals surface area (Å²) >= 11 is 6.78. The van der Waals surface area contributed by atoms with Gasteiger partial charge in [-0.15, -0.1) is 12.0 Å². The zero-order chi connectivity index (χ0) is 30.9. The zero-order valence-corrected chi connectivity index (χ0v) is 25.2. The molecule has 0 saturated carbocycles. The summed E-state index contributed by atoms with van der Waals surface area (Å²) < 4.78 is 28.6. The van der Waals surface area contributed by atoms with Crippen LogP contribution in [0.2, 0.25) is 5.02 Å². The van der Waals surface area contributed by atoms with Gasteiger partial charge >= 0.3 is 0 Å². The minimum absolute atomic E-state index is 0.0196. The topological polar surface area (TPSA) is 86.2 Å². The summed E-state index contributed by atoms with van der Waals surface area (Å²) in [5.74, 6) is 2.72. The van der Waals surface area contributed by atoms with Crippen molar-refractivity contribution < 1.29 is 8.78 Å². The number of aromatic nitrogens is 2. The highest BCUT2D eigenvalue weighted by atomic mass is 35.5. The van der Waals surface area contributed by atoms with Crippen LogP contribution in [-0.2, 0) is 7.05 Å². The first-order valence-electron chi connectivity index (χ1n) is 13.9. The number of nitrogens with one attached hydrogen (secondary N) is 4. The Morgan fingerprint density at radius 1 is 1.14 bits per heavy atom. The number of benzene rings is 2. The lowest BCUT2D eigenvalue weighted by Gasteiger charge is -2.24. The second-order valence-electron chi connectivity index (χ2n) is 11.8. The maximum atomic E-state index is 13.6. The van der Waals surface area contributed by atoms with E-state index in [9.17, 15) is 13.6 Å². The van der Waals surface area contributed by atoms with Crippen molar-refractivity contribution in [3.05, 3.63) is 87.2 Å². The molecule has 8 nitrogen and oxygen atoms in total. The van der Waals surface area contributed by atoms with Crippen LogP contribution in [0.3, 0.4) is 0 Å². The van der Waals surface area contributed by atoms with Gasteiger partial charge in [0.25, 0.3) is 5.56 Å². The molecule has 2 aromatic heterocycles. The van der Waals surface area contributed by atoms with Crippen LogP contribution in [0.25, 0.3) is 21.7 Å². The van der Waals surface area contributed by atoms with Gasteiger partial charge in [0.1, 0.15) is 19.4 Å². The summed E-state index contributed by atoms with van der Waals surface area (Å²) in [4.78, 5) is 17.5. The Morgan fingerprint density at radius 3 is 2.60 bits per heavy atom. The van der Waals surface area contributed by atoms with Gasteiger partial charge < -0.3 is 20.6 Å². The molecule has 0 aliphatic carbocycles. The first-order valence-corrected chi connectivity index (χ1v) is 14.2. The maximum Gasteiger partial charge on any atom is 0.258 e. The number of fused-ring (bicyclic) bond motifs is 2. The number of hydrogen-bond acceptors (Lipinski definition) is 7. The van der Waals surface area contributed by atoms with Gasteiger partial charge in [0, 0.05) is 48.6 Å². The van der Waals surface area contributed by atoms with E-state index in [1.54, 1.807) is 37.8 Å². The summed E-state index contributed by atoms with van der Waals surface area (Å²) in [5, 5.41) is 10.8. The summed E-state index contributed by atoms with van der Waals surface area (Å²) in [6, 6.07) is 9.46. The molecule has 0 saturated heterocycles. The van der Waals surface area contributed by atoms with Crippen molar-refractivity contribution in [1.29, 1.82) is 0 Å². The Balaban J connectivity index is 1.66. The van der Waals surface area contributed by atoms with E-state index in [0.29, 0.717) is 39.4 Å². The Labute approximate surface area is 254 Å². The van der Waals surface area contributed by atoms with Crippen LogP contribution < -0.4 is 27.2 Å². The Hall–Kier alpha value is -4.33. The number of nitrogens with zero attached hydrogens (tertiary/aromatic N) is 3. The fourth-order valence-electron chi connectivity index (χ4n) is 5.01. The normalized spacial score (nSPS) is 14.1. The quantitative estimate of drug-likeness (QED) is 0.179. The average molecular weight is 606 g/mol. The molecular weight excluding hydrogens is 572 g/mol. The molecule has 3 heterocycles. The van der Waals surface area contributed by atoms with Gasteiger partial charge in [-0.3, -0.25) is 14.8 Å². The number of anilines is 2. The van der Waals surface area contributed by atoms with Gasteiger partial charge in [0.15, 0.2) is 0 Å². The Bertz CT molecular complexity index is 1800. The third-order valence-corrected chi connectivity index (χ3v) is 7.61. The van der Waals surface area contributed by atoms with E-state index in [4.69, 9.17) is 18.0 Å². The van der Waals surface area contributed by atoms with E-state index in [1.165, 1.54) is 9.58 Å². The molecule has 0 radical (unpaired) electrons. The number of halogens is 3. The van der Waals surface area contributed by atoms with E-state index in [0.717, 1.165) is 22.0 Å². The first kappa shape index (κ1) is 30.1. The van der Waals surface area contributed by atoms with Crippen LogP contribution >= 0.6 is 11.6 Å². The van der Waals surface area contributed by atoms with Crippen molar-refractivity contribution in [2.24, 2.45) is 12.5 Å². The van der Waals surface area contributed by atoms with Crippen LogP contribution in [0.15, 0.2) is 65.5 Å². The molecule has 11 heteroatoms. The number of alkyl halides is 2. The van der Waals surface area contributed by atoms with Crippen LogP contribution in [0, 0.1) is 17.8 Å². The van der Waals surface area contributed by atoms with Gasteiger partial charge in [-0.2, -0.15) is 0 Å². The van der Waals surface area contributed by atoms with Crippen molar-refractivity contribution in [3.8, 4) is 12.3 Å². The maximum absolute atomic E-state index is 13.6. The SMILES string of the molecule is C#Cc1cnc2c(Cl)cc(N[C@H](C3=CN(C(CF)CF)NN3)c3cccc4c(=O)n(C)ccc34)cc2c1NCC(C)(C)C. The molecule has 4 aromatic rings. The minimum atomic E-state index is -1.01. The molecule has 0 bridgehead atoms. The van der Waals surface area contributed by atoms with Crippen LogP contribution in [0.1, 0.15) is 37.9 Å². The highest BCUT2D eigenvalue weighted by Gasteiger charge is 2.28. The molecule has 43 heavy (non-hydrogen) atoms. The lowest BCUT2D eigenvalue weighted by Crippen LogP contribution is -2.45. The zero-order valence-electron chi connectivity index (χ0n) is 24.4. The number of terminal acetylenes is 1. The van der Waals surface area contributed by atoms with Crippen LogP contribution in [0.5, 0.6) is 0 Å². The van der Waals surface area contributed by atoms with Crippen molar-refractivity contribution in [2.45, 2.75) is 32.9 Å². The molecule has 1 aliphatic rings. The van der Waals surface area contributed by atoms with Gasteiger partial charge in [0.2, 0.25) is 0 Å². The van der Waals surface area contributed by atoms with Gasteiger partial charge in [-0.05, 0) is 40.6 Å². The number of aryl methyl sites for hydroxylation is 1. The molecule has 1 atom stereocenters. The summed E-state index contributed by atoms with van der Waals surface area (Å²) in [7, 11) is 1.70. The van der Waals surface area contributed by atoms with Gasteiger partial charge in [-0.1, -0.05) is 50.4 Å². The van der Waals surface area contributed by atoms with E-state index >= 15 is 0 Å². The lowest BCUT2D eigenvalue weighted by atomic mass is 9.96. The number of hydrazine groups is 2. The van der Waals surface area contributed by atoms with Crippen molar-refractivity contribution in [1.82, 2.24) is 25.5 Å². The molecule has 0 spiro atoms. The summed E-state index contributed by atoms with van der Waals surface area (Å²) in [5.41, 5.74) is 9.68. The minimum Gasteiger partial charge on any atom is -0.383 e. The Morgan fingerprint density at radius 2 is 1.91 bits per heavy atom. The third-order valence-electron chi connectivity index (χ3n) is 7.32. The van der Waals surface area contributed by atoms with Crippen molar-refractivity contribution >= 4 is 44.7 Å². The fourth-order valence-corrected chi connectivity index (χ4v) is 5.28. The molecule has 2 aromatic carbocycles. The van der Waals surface area contributed by atoms with Gasteiger partial charge in [0.05, 0.1) is 33.5 Å². The molecule has 224 valence electrons. The van der Waals surface area contributed by atoms with Crippen molar-refractivity contribution in [3.63, 3.8) is 0 Å². The lowest BCUT2D eigenvalue weighted by molar-refractivity contribution is 0.139. The molecule has 0 fully saturated rings. The molecular formula is C32H34ClF2N7O. The number of pyridine rings is 2. The predicted molar refractivity (Wildman–Crippen MR) is 170 cm³/mol. The standard InChI is InChI=1S/C32H34ClF2N7O/c1-6-19-16-36-29-25(28(19)37-18-32(2,3)4)12-20(13-26(29)33)38-30(27-17-42(40-39-27)21(14-34)15-35)23-8-7-9-24-22(23)10-11-41(5)31(24)43/h1,7-13,16-17,21,30,38-40H,14-15,18H2,2-5H3,(H,36,37)/t30-/m0/s1. The van der Waals surface area contributed by atoms with E-state index < -0.39 is 25.4 Å². The van der Waals surface area contributed by atoms with E-state index in [2.05, 4.69) is 53.3 Å². The summed E-state index contributed by atoms with van der Waals surface area (Å²) in [6.45, 7) is 5.26. The number of hydrogen-bond donors (Lipinski definition) is 4. The second kappa shape index (κ2) is 12.1. The predicted octanol–water partition coefficient (Wildman–Crippen LogP) is 5.81. The number of rotatable bonds is 9. The molecule has 0 unspecified atom stereocenters. The van der Waals surface area contributed by atoms with E-state index in [1.807, 2.05) is 24.3 Å². The Kier molecular flexibility index (Phi) is 8.49. The molecule has 1 aliphatic heterocycles. The van der Waals surface area contributed by atoms with Crippen LogP contribution in [-0.4, -0.2) is 40.5 Å². The summed E-state index contributed by atoms with van der Waals surface area (Å²) in [6.07, 6.45) is 10.8. The van der Waals surface area contributed by atoms with Gasteiger partial charge in [-0.25, -0.2) is 8.78 Å². The average Bonchev–Trinajstić information content (AvgIpc) is 3.46. The second-order valence-corrected chi connectivity index (χ2v) is 12.2. The van der Waals surface area contributed by atoms with Crippen molar-refractivity contribution in [2.75, 3.05) is 30.5 Å². The molecule has 5 rings (SSSR count). The molecule has 4 N–H and O–H groups in total. The van der Waals surface area contributed by atoms with Crippen LogP contribution in [0.4, 0.5) is 20.2 Å². The largest absolute Gasteiger partial charge is 0.383 e. The monoisotopic (exact) mass is 605 g/mol. The highest BCUT2D eigenvalue weighted by molar-refractivity contribution is 6.35. The highest BCUT2D eigenvalue weighted by Crippen LogP contribution is 2.37. The smallest absolute Gasteiger partial charge is 0.258 e. The van der Waals surface area contributed by atoms with E-state index in [-0.39, 0.29) is 11.0 Å². The molecule has 0 amide bonds. The fraction of sp³-hybridized carbons (Fsp3) is 0.312. The first-order chi connectivity index (χ1) is 20.5. The third kappa shape index (κ3) is 6.10.